The van der Waals surface area contributed by atoms with Crippen LogP contribution in [0.2, 0.25) is 0 Å². The molecule has 9 nitrogen and oxygen atoms in total. The third-order valence-electron chi connectivity index (χ3n) is 3.62. The molecule has 0 atom stereocenters. The number of ether oxygens (including phenoxy) is 1. The van der Waals surface area contributed by atoms with Gasteiger partial charge in [0.2, 0.25) is 0 Å². The van der Waals surface area contributed by atoms with Crippen LogP contribution in [0.15, 0.2) is 38.8 Å². The van der Waals surface area contributed by atoms with Crippen molar-refractivity contribution in [2.45, 2.75) is 11.8 Å². The third kappa shape index (κ3) is 3.33. The monoisotopic (exact) mass is 368 g/mol. The van der Waals surface area contributed by atoms with Gasteiger partial charge in [-0.25, -0.2) is 9.59 Å². The predicted molar refractivity (Wildman–Crippen MR) is 87.3 cm³/mol. The SMILES string of the molecule is COC(=O)c1cccc(OS(=O)(=O)c2c(C)n(C)c(=O)n(C)c2=O)c1. The van der Waals surface area contributed by atoms with Crippen molar-refractivity contribution < 1.29 is 22.1 Å². The van der Waals surface area contributed by atoms with E-state index in [4.69, 9.17) is 4.18 Å². The number of carbonyl (C=O) groups excluding carboxylic acids is 1. The Kier molecular flexibility index (Phi) is 4.84. The summed E-state index contributed by atoms with van der Waals surface area (Å²) < 4.78 is 36.3. The molecule has 0 saturated carbocycles. The zero-order valence-electron chi connectivity index (χ0n) is 14.0. The Labute approximate surface area is 143 Å². The molecule has 0 aliphatic carbocycles. The lowest BCUT2D eigenvalue weighted by atomic mass is 10.2. The zero-order chi connectivity index (χ0) is 18.9. The minimum Gasteiger partial charge on any atom is -0.465 e. The van der Waals surface area contributed by atoms with E-state index in [-0.39, 0.29) is 17.0 Å². The van der Waals surface area contributed by atoms with Crippen LogP contribution in [-0.2, 0) is 29.0 Å². The van der Waals surface area contributed by atoms with E-state index in [9.17, 15) is 22.8 Å². The largest absolute Gasteiger partial charge is 0.465 e. The number of nitrogens with zero attached hydrogens (tertiary/aromatic N) is 2. The molecule has 25 heavy (non-hydrogen) atoms. The molecule has 0 bridgehead atoms. The molecular weight excluding hydrogens is 352 g/mol. The van der Waals surface area contributed by atoms with E-state index in [1.54, 1.807) is 0 Å². The lowest BCUT2D eigenvalue weighted by Crippen LogP contribution is -2.41. The molecule has 2 aromatic rings. The summed E-state index contributed by atoms with van der Waals surface area (Å²) in [6.45, 7) is 1.32. The van der Waals surface area contributed by atoms with Gasteiger partial charge in [-0.1, -0.05) is 6.07 Å². The van der Waals surface area contributed by atoms with Crippen molar-refractivity contribution in [2.75, 3.05) is 7.11 Å². The van der Waals surface area contributed by atoms with Crippen LogP contribution < -0.4 is 15.4 Å². The summed E-state index contributed by atoms with van der Waals surface area (Å²) in [6.07, 6.45) is 0. The lowest BCUT2D eigenvalue weighted by Gasteiger charge is -2.13. The summed E-state index contributed by atoms with van der Waals surface area (Å²) in [5.41, 5.74) is -1.63. The van der Waals surface area contributed by atoms with Gasteiger partial charge in [-0.05, 0) is 25.1 Å². The van der Waals surface area contributed by atoms with Crippen LogP contribution in [0.1, 0.15) is 16.1 Å². The maximum atomic E-state index is 12.5. The standard InChI is InChI=1S/C15H16N2O7S/c1-9-12(13(18)17(3)15(20)16(9)2)25(21,22)24-11-7-5-6-10(8-11)14(19)23-4/h5-8H,1-4H3. The number of esters is 1. The van der Waals surface area contributed by atoms with Crippen molar-refractivity contribution >= 4 is 16.1 Å². The second-order valence-electron chi connectivity index (χ2n) is 5.18. The fraction of sp³-hybridized carbons (Fsp3) is 0.267. The van der Waals surface area contributed by atoms with E-state index in [1.807, 2.05) is 0 Å². The molecule has 10 heteroatoms. The molecule has 0 aliphatic heterocycles. The molecule has 0 aliphatic rings. The Bertz CT molecular complexity index is 1060. The van der Waals surface area contributed by atoms with Crippen molar-refractivity contribution in [1.29, 1.82) is 0 Å². The average molecular weight is 368 g/mol. The highest BCUT2D eigenvalue weighted by molar-refractivity contribution is 7.87. The predicted octanol–water partition coefficient (Wildman–Crippen LogP) is -0.0533. The molecule has 1 heterocycles. The normalized spacial score (nSPS) is 11.2. The molecule has 0 spiro atoms. The Hall–Kier alpha value is -2.88. The van der Waals surface area contributed by atoms with Gasteiger partial charge >= 0.3 is 21.8 Å². The molecule has 0 radical (unpaired) electrons. The van der Waals surface area contributed by atoms with Gasteiger partial charge in [0.1, 0.15) is 5.75 Å². The number of rotatable bonds is 4. The number of methoxy groups -OCH3 is 1. The van der Waals surface area contributed by atoms with E-state index >= 15 is 0 Å². The molecule has 134 valence electrons. The lowest BCUT2D eigenvalue weighted by molar-refractivity contribution is 0.0600. The van der Waals surface area contributed by atoms with Gasteiger partial charge in [0, 0.05) is 19.8 Å². The van der Waals surface area contributed by atoms with Gasteiger partial charge in [0.25, 0.3) is 5.56 Å². The van der Waals surface area contributed by atoms with Crippen LogP contribution in [0.25, 0.3) is 0 Å². The highest BCUT2D eigenvalue weighted by atomic mass is 32.2. The first kappa shape index (κ1) is 18.5. The van der Waals surface area contributed by atoms with E-state index in [1.165, 1.54) is 52.4 Å². The quantitative estimate of drug-likeness (QED) is 0.549. The number of aromatic nitrogens is 2. The molecule has 2 rings (SSSR count). The van der Waals surface area contributed by atoms with Crippen molar-refractivity contribution in [3.63, 3.8) is 0 Å². The van der Waals surface area contributed by atoms with Gasteiger partial charge < -0.3 is 8.92 Å². The van der Waals surface area contributed by atoms with Gasteiger partial charge in [0.05, 0.1) is 12.7 Å². The topological polar surface area (TPSA) is 114 Å². The van der Waals surface area contributed by atoms with Crippen LogP contribution >= 0.6 is 0 Å². The molecule has 0 unspecified atom stereocenters. The fourth-order valence-corrected chi connectivity index (χ4v) is 3.45. The van der Waals surface area contributed by atoms with E-state index < -0.39 is 32.2 Å². The van der Waals surface area contributed by atoms with Gasteiger partial charge in [-0.15, -0.1) is 0 Å². The summed E-state index contributed by atoms with van der Waals surface area (Å²) in [5, 5.41) is 0. The van der Waals surface area contributed by atoms with Gasteiger partial charge in [-0.3, -0.25) is 13.9 Å². The molecular formula is C15H16N2O7S. The highest BCUT2D eigenvalue weighted by Gasteiger charge is 2.27. The highest BCUT2D eigenvalue weighted by Crippen LogP contribution is 2.20. The van der Waals surface area contributed by atoms with Gasteiger partial charge in [-0.2, -0.15) is 8.42 Å². The van der Waals surface area contributed by atoms with Crippen LogP contribution in [0.5, 0.6) is 5.75 Å². The number of carbonyl (C=O) groups is 1. The molecule has 0 saturated heterocycles. The summed E-state index contributed by atoms with van der Waals surface area (Å²) in [5.74, 6) is -0.838. The number of benzene rings is 1. The maximum Gasteiger partial charge on any atom is 0.346 e. The molecule has 0 N–H and O–H groups in total. The van der Waals surface area contributed by atoms with E-state index in [0.29, 0.717) is 4.57 Å². The molecule has 1 aromatic heterocycles. The van der Waals surface area contributed by atoms with E-state index in [0.717, 1.165) is 4.57 Å². The van der Waals surface area contributed by atoms with Crippen LogP contribution in [0.4, 0.5) is 0 Å². The Balaban J connectivity index is 2.57. The number of hydrogen-bond donors (Lipinski definition) is 0. The maximum absolute atomic E-state index is 12.5. The number of hydrogen-bond acceptors (Lipinski definition) is 7. The third-order valence-corrected chi connectivity index (χ3v) is 5.00. The zero-order valence-corrected chi connectivity index (χ0v) is 14.8. The summed E-state index contributed by atoms with van der Waals surface area (Å²) >= 11 is 0. The van der Waals surface area contributed by atoms with E-state index in [2.05, 4.69) is 4.74 Å². The summed E-state index contributed by atoms with van der Waals surface area (Å²) in [7, 11) is -0.837. The van der Waals surface area contributed by atoms with Crippen molar-refractivity contribution in [3.8, 4) is 5.75 Å². The minimum atomic E-state index is -4.53. The first-order valence-corrected chi connectivity index (χ1v) is 8.40. The van der Waals surface area contributed by atoms with Crippen LogP contribution in [0.3, 0.4) is 0 Å². The van der Waals surface area contributed by atoms with Crippen molar-refractivity contribution in [2.24, 2.45) is 14.1 Å². The minimum absolute atomic E-state index is 0.0581. The molecule has 0 fully saturated rings. The Morgan fingerprint density at radius 3 is 2.36 bits per heavy atom. The first-order valence-electron chi connectivity index (χ1n) is 6.99. The summed E-state index contributed by atoms with van der Waals surface area (Å²) in [4.78, 5) is 34.9. The van der Waals surface area contributed by atoms with Crippen molar-refractivity contribution in [1.82, 2.24) is 9.13 Å². The fourth-order valence-electron chi connectivity index (χ4n) is 2.16. The summed E-state index contributed by atoms with van der Waals surface area (Å²) in [6, 6.07) is 5.31. The molecule has 0 amide bonds. The smallest absolute Gasteiger partial charge is 0.346 e. The Morgan fingerprint density at radius 1 is 1.12 bits per heavy atom. The van der Waals surface area contributed by atoms with Crippen LogP contribution in [0, 0.1) is 6.92 Å². The second-order valence-corrected chi connectivity index (χ2v) is 6.66. The van der Waals surface area contributed by atoms with Crippen LogP contribution in [-0.4, -0.2) is 30.6 Å². The average Bonchev–Trinajstić information content (AvgIpc) is 2.57. The first-order chi connectivity index (χ1) is 11.6. The van der Waals surface area contributed by atoms with Crippen molar-refractivity contribution in [3.05, 3.63) is 56.4 Å². The van der Waals surface area contributed by atoms with Gasteiger partial charge in [0.15, 0.2) is 4.90 Å². The Morgan fingerprint density at radius 2 is 1.76 bits per heavy atom. The molecule has 1 aromatic carbocycles. The second kappa shape index (κ2) is 6.55.